The average molecular weight is 498 g/mol. The van der Waals surface area contributed by atoms with Crippen molar-refractivity contribution < 1.29 is 37.1 Å². The van der Waals surface area contributed by atoms with Crippen LogP contribution in [0.3, 0.4) is 0 Å². The molecule has 10 heteroatoms. The number of benzene rings is 1. The van der Waals surface area contributed by atoms with Crippen molar-refractivity contribution in [2.45, 2.75) is 81.0 Å². The molecule has 0 saturated heterocycles. The van der Waals surface area contributed by atoms with Gasteiger partial charge in [-0.2, -0.15) is 0 Å². The smallest absolute Gasteiger partial charge is 0.482 e. The summed E-state index contributed by atoms with van der Waals surface area (Å²) in [6.07, 6.45) is -3.33. The summed E-state index contributed by atoms with van der Waals surface area (Å²) in [6.45, 7) is 0. The number of halogens is 4. The van der Waals surface area contributed by atoms with E-state index in [0.717, 1.165) is 25.0 Å². The van der Waals surface area contributed by atoms with Gasteiger partial charge < -0.3 is 14.4 Å². The Morgan fingerprint density at radius 2 is 1.94 bits per heavy atom. The van der Waals surface area contributed by atoms with Gasteiger partial charge in [0.05, 0.1) is 17.9 Å². The number of nitrogens with zero attached hydrogens (tertiary/aromatic N) is 1. The van der Waals surface area contributed by atoms with Crippen molar-refractivity contribution in [1.29, 1.82) is 0 Å². The van der Waals surface area contributed by atoms with Gasteiger partial charge in [-0.05, 0) is 55.7 Å². The number of Topliss-reactive ketones (excluding diaryl/α,β-unsaturated/α-hetero) is 1. The van der Waals surface area contributed by atoms with Crippen LogP contribution < -0.4 is 4.74 Å². The van der Waals surface area contributed by atoms with Crippen LogP contribution in [0.2, 0.25) is 5.02 Å². The molecule has 1 aliphatic heterocycles. The number of hydrogen-bond donors (Lipinski definition) is 1. The van der Waals surface area contributed by atoms with Gasteiger partial charge in [0.15, 0.2) is 11.9 Å². The number of hydrogen-bond acceptors (Lipinski definition) is 6. The van der Waals surface area contributed by atoms with Crippen LogP contribution in [0.4, 0.5) is 13.2 Å². The van der Waals surface area contributed by atoms with Crippen molar-refractivity contribution >= 4 is 17.4 Å². The first-order chi connectivity index (χ1) is 16.0. The second kappa shape index (κ2) is 7.45. The molecule has 7 rings (SSSR count). The molecule has 1 N–H and O–H groups in total. The van der Waals surface area contributed by atoms with Gasteiger partial charge in [-0.15, -0.1) is 13.2 Å². The standard InChI is InChI=1S/C24H23ClF3NO5/c25-13-1-2-19-15(5-13)17(30)7-20(32-19)18(31)8-22-9-23(10-22,11-22)21-6-16(29-34-21)12-3-14(4-12)33-24(26,27)28/h1-2,5-6,12,14,17,20,30H,3-4,7-11H2/t12?,14?,17-,20+,22?,23?/m1/s1. The van der Waals surface area contributed by atoms with Crippen molar-refractivity contribution in [3.05, 3.63) is 46.3 Å². The average Bonchev–Trinajstić information content (AvgIpc) is 3.14. The molecule has 2 heterocycles. The highest BCUT2D eigenvalue weighted by Crippen LogP contribution is 2.75. The number of carbonyl (C=O) groups is 1. The minimum Gasteiger partial charge on any atom is -0.482 e. The van der Waals surface area contributed by atoms with E-state index in [1.807, 2.05) is 6.07 Å². The number of carbonyl (C=O) groups excluding carboxylic acids is 1. The third kappa shape index (κ3) is 3.72. The molecular weight excluding hydrogens is 475 g/mol. The Kier molecular flexibility index (Phi) is 4.90. The van der Waals surface area contributed by atoms with Crippen LogP contribution in [0.25, 0.3) is 0 Å². The summed E-state index contributed by atoms with van der Waals surface area (Å²) in [5.41, 5.74) is 1.06. The first-order valence-electron chi connectivity index (χ1n) is 11.4. The quantitative estimate of drug-likeness (QED) is 0.577. The molecule has 1 aromatic carbocycles. The van der Waals surface area contributed by atoms with Crippen LogP contribution in [0.15, 0.2) is 28.8 Å². The highest BCUT2D eigenvalue weighted by molar-refractivity contribution is 6.30. The minimum absolute atomic E-state index is 0.0172. The third-order valence-corrected chi connectivity index (χ3v) is 8.19. The highest BCUT2D eigenvalue weighted by Gasteiger charge is 2.70. The van der Waals surface area contributed by atoms with Gasteiger partial charge in [0.1, 0.15) is 11.5 Å². The van der Waals surface area contributed by atoms with Crippen LogP contribution in [-0.2, 0) is 14.9 Å². The van der Waals surface area contributed by atoms with Crippen molar-refractivity contribution in [3.63, 3.8) is 0 Å². The van der Waals surface area contributed by atoms with Crippen molar-refractivity contribution in [1.82, 2.24) is 5.16 Å². The lowest BCUT2D eigenvalue weighted by Crippen LogP contribution is -2.65. The molecule has 0 spiro atoms. The summed E-state index contributed by atoms with van der Waals surface area (Å²) in [5, 5.41) is 15.1. The normalized spacial score (nSPS) is 35.9. The summed E-state index contributed by atoms with van der Waals surface area (Å²) in [6, 6.07) is 6.87. The first-order valence-corrected chi connectivity index (χ1v) is 11.8. The molecule has 4 aliphatic carbocycles. The fourth-order valence-electron chi connectivity index (χ4n) is 6.37. The summed E-state index contributed by atoms with van der Waals surface area (Å²) < 4.78 is 52.4. The zero-order chi connectivity index (χ0) is 23.9. The monoisotopic (exact) mass is 497 g/mol. The van der Waals surface area contributed by atoms with Gasteiger partial charge in [-0.25, -0.2) is 0 Å². The van der Waals surface area contributed by atoms with Gasteiger partial charge in [0.25, 0.3) is 0 Å². The maximum atomic E-state index is 13.0. The molecule has 2 aromatic rings. The fraction of sp³-hybridized carbons (Fsp3) is 0.583. The third-order valence-electron chi connectivity index (χ3n) is 7.95. The zero-order valence-corrected chi connectivity index (χ0v) is 18.9. The van der Waals surface area contributed by atoms with E-state index in [0.29, 0.717) is 28.5 Å². The van der Waals surface area contributed by atoms with E-state index in [4.69, 9.17) is 20.9 Å². The number of aromatic nitrogens is 1. The molecule has 4 saturated carbocycles. The van der Waals surface area contributed by atoms with Crippen molar-refractivity contribution in [2.24, 2.45) is 5.41 Å². The lowest BCUT2D eigenvalue weighted by Gasteiger charge is -2.69. The summed E-state index contributed by atoms with van der Waals surface area (Å²) in [7, 11) is 0. The van der Waals surface area contributed by atoms with E-state index in [-0.39, 0.29) is 41.8 Å². The molecule has 6 nitrogen and oxygen atoms in total. The predicted molar refractivity (Wildman–Crippen MR) is 112 cm³/mol. The van der Waals surface area contributed by atoms with Gasteiger partial charge >= 0.3 is 6.36 Å². The Labute approximate surface area is 198 Å². The molecule has 4 fully saturated rings. The van der Waals surface area contributed by atoms with Crippen molar-refractivity contribution in [3.8, 4) is 5.75 Å². The van der Waals surface area contributed by atoms with Gasteiger partial charge in [0, 0.05) is 40.8 Å². The molecule has 2 bridgehead atoms. The van der Waals surface area contributed by atoms with Crippen LogP contribution in [0.1, 0.15) is 74.0 Å². The van der Waals surface area contributed by atoms with Gasteiger partial charge in [-0.3, -0.25) is 9.53 Å². The second-order valence-electron chi connectivity index (χ2n) is 10.5. The Hall–Kier alpha value is -2.10. The minimum atomic E-state index is -4.61. The number of ketones is 1. The molecule has 34 heavy (non-hydrogen) atoms. The molecule has 1 aromatic heterocycles. The van der Waals surface area contributed by atoms with Crippen LogP contribution >= 0.6 is 11.6 Å². The van der Waals surface area contributed by atoms with E-state index in [2.05, 4.69) is 9.89 Å². The predicted octanol–water partition coefficient (Wildman–Crippen LogP) is 5.38. The topological polar surface area (TPSA) is 81.8 Å². The summed E-state index contributed by atoms with van der Waals surface area (Å²) >= 11 is 5.99. The Balaban J connectivity index is 1.03. The van der Waals surface area contributed by atoms with Crippen LogP contribution in [0.5, 0.6) is 5.75 Å². The molecule has 2 atom stereocenters. The highest BCUT2D eigenvalue weighted by atomic mass is 35.5. The maximum absolute atomic E-state index is 13.0. The Morgan fingerprint density at radius 1 is 1.21 bits per heavy atom. The molecule has 0 radical (unpaired) electrons. The Morgan fingerprint density at radius 3 is 2.65 bits per heavy atom. The molecular formula is C24H23ClF3NO5. The number of aliphatic hydroxyl groups is 1. The summed E-state index contributed by atoms with van der Waals surface area (Å²) in [5.74, 6) is 1.15. The number of alkyl halides is 3. The number of ether oxygens (including phenoxy) is 2. The van der Waals surface area contributed by atoms with E-state index >= 15 is 0 Å². The van der Waals surface area contributed by atoms with E-state index in [9.17, 15) is 23.1 Å². The molecule has 0 amide bonds. The van der Waals surface area contributed by atoms with E-state index < -0.39 is 24.7 Å². The van der Waals surface area contributed by atoms with E-state index in [1.165, 1.54) is 0 Å². The molecule has 0 unspecified atom stereocenters. The van der Waals surface area contributed by atoms with Gasteiger partial charge in [0.2, 0.25) is 0 Å². The SMILES string of the molecule is O=C(CC12CC(c3cc(C4CC(OC(F)(F)F)C4)no3)(C1)C2)[C@@H]1C[C@@H](O)c2cc(Cl)ccc2O1. The first kappa shape index (κ1) is 22.4. The lowest BCUT2D eigenvalue weighted by atomic mass is 9.33. The Bertz CT molecular complexity index is 1120. The molecule has 5 aliphatic rings. The van der Waals surface area contributed by atoms with Crippen LogP contribution in [-0.4, -0.2) is 34.6 Å². The van der Waals surface area contributed by atoms with E-state index in [1.54, 1.807) is 18.2 Å². The number of fused-ring (bicyclic) bond motifs is 1. The lowest BCUT2D eigenvalue weighted by molar-refractivity contribution is -0.351. The number of aliphatic hydroxyl groups excluding tert-OH is 1. The van der Waals surface area contributed by atoms with Crippen LogP contribution in [0, 0.1) is 5.41 Å². The number of rotatable bonds is 6. The molecule has 182 valence electrons. The van der Waals surface area contributed by atoms with Gasteiger partial charge in [-0.1, -0.05) is 16.8 Å². The maximum Gasteiger partial charge on any atom is 0.522 e. The van der Waals surface area contributed by atoms with Crippen molar-refractivity contribution in [2.75, 3.05) is 0 Å². The zero-order valence-electron chi connectivity index (χ0n) is 18.1. The summed E-state index contributed by atoms with van der Waals surface area (Å²) in [4.78, 5) is 13.0. The second-order valence-corrected chi connectivity index (χ2v) is 10.9. The largest absolute Gasteiger partial charge is 0.522 e. The fourth-order valence-corrected chi connectivity index (χ4v) is 6.55.